The van der Waals surface area contributed by atoms with Crippen LogP contribution < -0.4 is 14.8 Å². The Hall–Kier alpha value is -1.75. The number of methoxy groups -OCH3 is 1. The Bertz CT molecular complexity index is 432. The fourth-order valence-corrected chi connectivity index (χ4v) is 2.35. The van der Waals surface area contributed by atoms with Crippen LogP contribution in [-0.4, -0.2) is 36.9 Å². The minimum atomic E-state index is -0.436. The molecule has 5 nitrogen and oxygen atoms in total. The predicted molar refractivity (Wildman–Crippen MR) is 74.9 cm³/mol. The Balaban J connectivity index is 1.76. The first-order chi connectivity index (χ1) is 9.69. The number of nitrogens with one attached hydrogen (secondary N) is 1. The minimum Gasteiger partial charge on any atom is -0.497 e. The van der Waals surface area contributed by atoms with Gasteiger partial charge in [0, 0.05) is 0 Å². The number of amides is 1. The number of aliphatic hydroxyl groups is 1. The second-order valence-corrected chi connectivity index (χ2v) is 4.99. The van der Waals surface area contributed by atoms with Crippen molar-refractivity contribution < 1.29 is 19.4 Å². The van der Waals surface area contributed by atoms with Crippen molar-refractivity contribution in [3.05, 3.63) is 24.3 Å². The van der Waals surface area contributed by atoms with Crippen LogP contribution in [0.1, 0.15) is 25.7 Å². The van der Waals surface area contributed by atoms with Gasteiger partial charge in [0.1, 0.15) is 11.5 Å². The number of rotatable bonds is 5. The van der Waals surface area contributed by atoms with Crippen molar-refractivity contribution in [3.8, 4) is 11.5 Å². The molecule has 5 heteroatoms. The topological polar surface area (TPSA) is 67.8 Å². The molecule has 0 spiro atoms. The Morgan fingerprint density at radius 2 is 1.90 bits per heavy atom. The Morgan fingerprint density at radius 3 is 2.55 bits per heavy atom. The van der Waals surface area contributed by atoms with Crippen molar-refractivity contribution >= 4 is 5.91 Å². The molecule has 1 aliphatic rings. The molecule has 1 aromatic carbocycles. The molecule has 1 fully saturated rings. The van der Waals surface area contributed by atoms with E-state index in [1.165, 1.54) is 0 Å². The van der Waals surface area contributed by atoms with E-state index in [9.17, 15) is 9.90 Å². The molecule has 1 saturated carbocycles. The molecular formula is C15H21NO4. The van der Waals surface area contributed by atoms with Gasteiger partial charge in [-0.25, -0.2) is 0 Å². The van der Waals surface area contributed by atoms with Crippen LogP contribution in [0.5, 0.6) is 11.5 Å². The lowest BCUT2D eigenvalue weighted by Crippen LogP contribution is -2.46. The van der Waals surface area contributed by atoms with Gasteiger partial charge in [-0.3, -0.25) is 4.79 Å². The van der Waals surface area contributed by atoms with Crippen molar-refractivity contribution in [3.63, 3.8) is 0 Å². The van der Waals surface area contributed by atoms with Gasteiger partial charge in [-0.2, -0.15) is 0 Å². The SMILES string of the molecule is COc1ccc(OCC(=O)N[C@H]2CCCC[C@@H]2O)cc1. The molecule has 1 aliphatic carbocycles. The summed E-state index contributed by atoms with van der Waals surface area (Å²) in [4.78, 5) is 11.8. The van der Waals surface area contributed by atoms with Crippen molar-refractivity contribution in [2.75, 3.05) is 13.7 Å². The van der Waals surface area contributed by atoms with Crippen LogP contribution in [0.3, 0.4) is 0 Å². The predicted octanol–water partition coefficient (Wildman–Crippen LogP) is 1.49. The molecule has 2 atom stereocenters. The smallest absolute Gasteiger partial charge is 0.258 e. The highest BCUT2D eigenvalue weighted by Crippen LogP contribution is 2.19. The van der Waals surface area contributed by atoms with Gasteiger partial charge in [0.05, 0.1) is 19.3 Å². The second kappa shape index (κ2) is 7.14. The molecule has 0 aromatic heterocycles. The van der Waals surface area contributed by atoms with Gasteiger partial charge < -0.3 is 19.9 Å². The quantitative estimate of drug-likeness (QED) is 0.857. The van der Waals surface area contributed by atoms with Crippen LogP contribution >= 0.6 is 0 Å². The van der Waals surface area contributed by atoms with E-state index in [0.29, 0.717) is 5.75 Å². The average molecular weight is 279 g/mol. The minimum absolute atomic E-state index is 0.0461. The van der Waals surface area contributed by atoms with Crippen molar-refractivity contribution in [2.45, 2.75) is 37.8 Å². The highest BCUT2D eigenvalue weighted by atomic mass is 16.5. The maximum atomic E-state index is 11.8. The molecule has 0 heterocycles. The molecule has 0 saturated heterocycles. The van der Waals surface area contributed by atoms with E-state index in [-0.39, 0.29) is 18.6 Å². The molecule has 2 N–H and O–H groups in total. The van der Waals surface area contributed by atoms with Gasteiger partial charge in [-0.1, -0.05) is 12.8 Å². The second-order valence-electron chi connectivity index (χ2n) is 4.99. The lowest BCUT2D eigenvalue weighted by molar-refractivity contribution is -0.125. The standard InChI is InChI=1S/C15H21NO4/c1-19-11-6-8-12(9-7-11)20-10-15(18)16-13-4-2-3-5-14(13)17/h6-9,13-14,17H,2-5,10H2,1H3,(H,16,18)/t13-,14-/m0/s1. The molecule has 0 aliphatic heterocycles. The van der Waals surface area contributed by atoms with Crippen LogP contribution in [0, 0.1) is 0 Å². The van der Waals surface area contributed by atoms with Gasteiger partial charge in [0.15, 0.2) is 6.61 Å². The summed E-state index contributed by atoms with van der Waals surface area (Å²) >= 11 is 0. The molecule has 0 bridgehead atoms. The first-order valence-corrected chi connectivity index (χ1v) is 6.93. The van der Waals surface area contributed by atoms with Gasteiger partial charge in [0.2, 0.25) is 0 Å². The monoisotopic (exact) mass is 279 g/mol. The van der Waals surface area contributed by atoms with Crippen LogP contribution in [0.25, 0.3) is 0 Å². The van der Waals surface area contributed by atoms with Gasteiger partial charge in [-0.15, -0.1) is 0 Å². The third-order valence-electron chi connectivity index (χ3n) is 3.51. The molecule has 20 heavy (non-hydrogen) atoms. The van der Waals surface area contributed by atoms with Crippen molar-refractivity contribution in [1.29, 1.82) is 0 Å². The zero-order valence-electron chi connectivity index (χ0n) is 11.7. The number of aliphatic hydroxyl groups excluding tert-OH is 1. The molecule has 110 valence electrons. The fourth-order valence-electron chi connectivity index (χ4n) is 2.35. The van der Waals surface area contributed by atoms with E-state index in [1.54, 1.807) is 31.4 Å². The zero-order valence-corrected chi connectivity index (χ0v) is 11.7. The Morgan fingerprint density at radius 1 is 1.25 bits per heavy atom. The molecule has 1 aromatic rings. The van der Waals surface area contributed by atoms with E-state index < -0.39 is 6.10 Å². The van der Waals surface area contributed by atoms with Crippen LogP contribution in [0.4, 0.5) is 0 Å². The summed E-state index contributed by atoms with van der Waals surface area (Å²) in [5.41, 5.74) is 0. The maximum absolute atomic E-state index is 11.8. The van der Waals surface area contributed by atoms with Crippen LogP contribution in [-0.2, 0) is 4.79 Å². The third kappa shape index (κ3) is 4.13. The van der Waals surface area contributed by atoms with E-state index >= 15 is 0 Å². The number of carbonyl (C=O) groups is 1. The molecule has 2 rings (SSSR count). The van der Waals surface area contributed by atoms with Gasteiger partial charge >= 0.3 is 0 Å². The van der Waals surface area contributed by atoms with Gasteiger partial charge in [-0.05, 0) is 37.1 Å². The fraction of sp³-hybridized carbons (Fsp3) is 0.533. The third-order valence-corrected chi connectivity index (χ3v) is 3.51. The van der Waals surface area contributed by atoms with Crippen LogP contribution in [0.2, 0.25) is 0 Å². The van der Waals surface area contributed by atoms with Gasteiger partial charge in [0.25, 0.3) is 5.91 Å². The summed E-state index contributed by atoms with van der Waals surface area (Å²) in [6.45, 7) is -0.0461. The number of benzene rings is 1. The average Bonchev–Trinajstić information content (AvgIpc) is 2.48. The maximum Gasteiger partial charge on any atom is 0.258 e. The van der Waals surface area contributed by atoms with Crippen molar-refractivity contribution in [2.24, 2.45) is 0 Å². The summed E-state index contributed by atoms with van der Waals surface area (Å²) < 4.78 is 10.4. The lowest BCUT2D eigenvalue weighted by Gasteiger charge is -2.28. The normalized spacial score (nSPS) is 22.1. The summed E-state index contributed by atoms with van der Waals surface area (Å²) in [6, 6.07) is 6.91. The molecular weight excluding hydrogens is 258 g/mol. The van der Waals surface area contributed by atoms with E-state index in [4.69, 9.17) is 9.47 Å². The molecule has 1 amide bonds. The molecule has 0 unspecified atom stereocenters. The van der Waals surface area contributed by atoms with E-state index in [2.05, 4.69) is 5.32 Å². The number of hydrogen-bond donors (Lipinski definition) is 2. The summed E-state index contributed by atoms with van der Waals surface area (Å²) in [5, 5.41) is 12.6. The zero-order chi connectivity index (χ0) is 14.4. The summed E-state index contributed by atoms with van der Waals surface area (Å²) in [5.74, 6) is 1.16. The van der Waals surface area contributed by atoms with Crippen molar-refractivity contribution in [1.82, 2.24) is 5.32 Å². The Labute approximate surface area is 118 Å². The number of hydrogen-bond acceptors (Lipinski definition) is 4. The highest BCUT2D eigenvalue weighted by molar-refractivity contribution is 5.77. The van der Waals surface area contributed by atoms with E-state index in [0.717, 1.165) is 31.4 Å². The van der Waals surface area contributed by atoms with Crippen LogP contribution in [0.15, 0.2) is 24.3 Å². The summed E-state index contributed by atoms with van der Waals surface area (Å²) in [7, 11) is 1.60. The molecule has 0 radical (unpaired) electrons. The number of ether oxygens (including phenoxy) is 2. The Kier molecular flexibility index (Phi) is 5.24. The largest absolute Gasteiger partial charge is 0.497 e. The number of carbonyl (C=O) groups excluding carboxylic acids is 1. The first kappa shape index (κ1) is 14.7. The van der Waals surface area contributed by atoms with E-state index in [1.807, 2.05) is 0 Å². The summed E-state index contributed by atoms with van der Waals surface area (Å²) in [6.07, 6.45) is 3.21. The highest BCUT2D eigenvalue weighted by Gasteiger charge is 2.24. The first-order valence-electron chi connectivity index (χ1n) is 6.93. The lowest BCUT2D eigenvalue weighted by atomic mass is 9.92.